The minimum Gasteiger partial charge on any atom is -0.379 e. The summed E-state index contributed by atoms with van der Waals surface area (Å²) in [6.07, 6.45) is 4.13. The zero-order valence-corrected chi connectivity index (χ0v) is 18.6. The van der Waals surface area contributed by atoms with Crippen LogP contribution in [0.25, 0.3) is 0 Å². The zero-order chi connectivity index (χ0) is 22.2. The third-order valence-electron chi connectivity index (χ3n) is 5.32. The van der Waals surface area contributed by atoms with Crippen molar-refractivity contribution in [2.45, 2.75) is 45.1 Å². The summed E-state index contributed by atoms with van der Waals surface area (Å²) in [7, 11) is -3.97. The van der Waals surface area contributed by atoms with E-state index in [2.05, 4.69) is 10.4 Å². The molecule has 0 atom stereocenters. The highest BCUT2D eigenvalue weighted by Gasteiger charge is 2.24. The SMILES string of the molecule is Cc1ccc(C)c(S(=O)(=O)Oc2ccc(C(=O)Nc3c(C)cnn3CC3CC3)cc2)c1. The van der Waals surface area contributed by atoms with Gasteiger partial charge in [0, 0.05) is 17.7 Å². The molecule has 1 saturated carbocycles. The first-order chi connectivity index (χ1) is 14.7. The Labute approximate surface area is 182 Å². The minimum atomic E-state index is -3.97. The van der Waals surface area contributed by atoms with Crippen LogP contribution in [-0.4, -0.2) is 24.1 Å². The molecular formula is C23H25N3O4S. The maximum absolute atomic E-state index is 12.7. The summed E-state index contributed by atoms with van der Waals surface area (Å²) in [6, 6.07) is 11.2. The number of rotatable bonds is 7. The molecule has 0 radical (unpaired) electrons. The minimum absolute atomic E-state index is 0.133. The molecule has 1 heterocycles. The molecule has 8 heteroatoms. The number of anilines is 1. The second-order valence-corrected chi connectivity index (χ2v) is 9.60. The van der Waals surface area contributed by atoms with E-state index in [1.165, 1.54) is 25.0 Å². The fourth-order valence-electron chi connectivity index (χ4n) is 3.32. The lowest BCUT2D eigenvalue weighted by atomic mass is 10.2. The van der Waals surface area contributed by atoms with Crippen molar-refractivity contribution >= 4 is 21.8 Å². The Kier molecular flexibility index (Phi) is 5.58. The molecule has 1 fully saturated rings. The number of benzene rings is 2. The van der Waals surface area contributed by atoms with Gasteiger partial charge in [0.25, 0.3) is 5.91 Å². The molecule has 0 unspecified atom stereocenters. The van der Waals surface area contributed by atoms with E-state index in [1.807, 2.05) is 24.6 Å². The topological polar surface area (TPSA) is 90.3 Å². The first-order valence-corrected chi connectivity index (χ1v) is 11.6. The maximum atomic E-state index is 12.7. The molecule has 1 N–H and O–H groups in total. The highest BCUT2D eigenvalue weighted by Crippen LogP contribution is 2.32. The van der Waals surface area contributed by atoms with E-state index in [9.17, 15) is 13.2 Å². The third kappa shape index (κ3) is 4.80. The molecule has 1 aromatic heterocycles. The Hall–Kier alpha value is -3.13. The van der Waals surface area contributed by atoms with Crippen LogP contribution in [0.3, 0.4) is 0 Å². The van der Waals surface area contributed by atoms with Crippen molar-refractivity contribution in [2.75, 3.05) is 5.32 Å². The van der Waals surface area contributed by atoms with Crippen LogP contribution in [0.1, 0.15) is 39.9 Å². The molecule has 0 saturated heterocycles. The molecule has 1 amide bonds. The average Bonchev–Trinajstić information content (AvgIpc) is 3.48. The van der Waals surface area contributed by atoms with E-state index in [-0.39, 0.29) is 16.6 Å². The van der Waals surface area contributed by atoms with Crippen LogP contribution in [0.15, 0.2) is 53.6 Å². The van der Waals surface area contributed by atoms with Gasteiger partial charge in [-0.15, -0.1) is 0 Å². The summed E-state index contributed by atoms with van der Waals surface area (Å²) < 4.78 is 32.4. The van der Waals surface area contributed by atoms with Gasteiger partial charge >= 0.3 is 10.1 Å². The van der Waals surface area contributed by atoms with Gasteiger partial charge in [-0.3, -0.25) is 4.79 Å². The molecule has 4 rings (SSSR count). The quantitative estimate of drug-likeness (QED) is 0.556. The molecule has 0 spiro atoms. The largest absolute Gasteiger partial charge is 0.379 e. The van der Waals surface area contributed by atoms with Crippen molar-refractivity contribution in [3.8, 4) is 5.75 Å². The van der Waals surface area contributed by atoms with Gasteiger partial charge in [-0.25, -0.2) is 4.68 Å². The summed E-state index contributed by atoms with van der Waals surface area (Å²) in [5.74, 6) is 1.18. The Bertz CT molecular complexity index is 1230. The fraction of sp³-hybridized carbons (Fsp3) is 0.304. The van der Waals surface area contributed by atoms with Crippen LogP contribution in [0.5, 0.6) is 5.75 Å². The van der Waals surface area contributed by atoms with Crippen molar-refractivity contribution in [2.24, 2.45) is 5.92 Å². The average molecular weight is 440 g/mol. The summed E-state index contributed by atoms with van der Waals surface area (Å²) in [5, 5.41) is 7.27. The van der Waals surface area contributed by atoms with Crippen molar-refractivity contribution in [1.29, 1.82) is 0 Å². The lowest BCUT2D eigenvalue weighted by Crippen LogP contribution is -2.17. The van der Waals surface area contributed by atoms with E-state index in [1.54, 1.807) is 37.4 Å². The van der Waals surface area contributed by atoms with Crippen molar-refractivity contribution in [1.82, 2.24) is 9.78 Å². The fourth-order valence-corrected chi connectivity index (χ4v) is 4.56. The van der Waals surface area contributed by atoms with E-state index >= 15 is 0 Å². The van der Waals surface area contributed by atoms with Crippen LogP contribution in [0, 0.1) is 26.7 Å². The molecule has 162 valence electrons. The van der Waals surface area contributed by atoms with Crippen molar-refractivity contribution in [3.05, 3.63) is 70.9 Å². The number of aromatic nitrogens is 2. The number of aryl methyl sites for hydroxylation is 3. The number of hydrogen-bond donors (Lipinski definition) is 1. The summed E-state index contributed by atoms with van der Waals surface area (Å²) >= 11 is 0. The van der Waals surface area contributed by atoms with Crippen LogP contribution in [0.2, 0.25) is 0 Å². The van der Waals surface area contributed by atoms with E-state index < -0.39 is 10.1 Å². The number of carbonyl (C=O) groups is 1. The lowest BCUT2D eigenvalue weighted by molar-refractivity contribution is 0.102. The highest BCUT2D eigenvalue weighted by atomic mass is 32.2. The van der Waals surface area contributed by atoms with Gasteiger partial charge in [0.1, 0.15) is 16.5 Å². The molecule has 3 aromatic rings. The summed E-state index contributed by atoms with van der Waals surface area (Å²) in [6.45, 7) is 6.25. The smallest absolute Gasteiger partial charge is 0.339 e. The molecule has 1 aliphatic carbocycles. The first kappa shape index (κ1) is 21.1. The van der Waals surface area contributed by atoms with Gasteiger partial charge in [0.05, 0.1) is 6.20 Å². The normalized spacial score (nSPS) is 13.8. The van der Waals surface area contributed by atoms with E-state index in [4.69, 9.17) is 4.18 Å². The second-order valence-electron chi connectivity index (χ2n) is 8.09. The molecule has 0 bridgehead atoms. The molecule has 31 heavy (non-hydrogen) atoms. The zero-order valence-electron chi connectivity index (χ0n) is 17.8. The van der Waals surface area contributed by atoms with Gasteiger partial charge in [-0.2, -0.15) is 13.5 Å². The first-order valence-electron chi connectivity index (χ1n) is 10.2. The lowest BCUT2D eigenvalue weighted by Gasteiger charge is -2.12. The predicted octanol–water partition coefficient (Wildman–Crippen LogP) is 4.24. The second kappa shape index (κ2) is 8.19. The number of nitrogens with one attached hydrogen (secondary N) is 1. The Morgan fingerprint density at radius 2 is 1.81 bits per heavy atom. The van der Waals surface area contributed by atoms with Gasteiger partial charge in [0.2, 0.25) is 0 Å². The molecule has 7 nitrogen and oxygen atoms in total. The number of nitrogens with zero attached hydrogens (tertiary/aromatic N) is 2. The Morgan fingerprint density at radius 1 is 1.10 bits per heavy atom. The highest BCUT2D eigenvalue weighted by molar-refractivity contribution is 7.87. The molecule has 1 aliphatic rings. The Balaban J connectivity index is 1.47. The van der Waals surface area contributed by atoms with Crippen molar-refractivity contribution in [3.63, 3.8) is 0 Å². The standard InChI is InChI=1S/C23H25N3O4S/c1-15-4-5-16(2)21(12-15)31(28,29)30-20-10-8-19(9-11-20)23(27)25-22-17(3)13-24-26(22)14-18-6-7-18/h4-5,8-13,18H,6-7,14H2,1-3H3,(H,25,27). The van der Waals surface area contributed by atoms with Crippen LogP contribution in [-0.2, 0) is 16.7 Å². The van der Waals surface area contributed by atoms with E-state index in [0.29, 0.717) is 22.9 Å². The summed E-state index contributed by atoms with van der Waals surface area (Å²) in [5.41, 5.74) is 2.74. The maximum Gasteiger partial charge on any atom is 0.339 e. The third-order valence-corrected chi connectivity index (χ3v) is 6.71. The number of carbonyl (C=O) groups excluding carboxylic acids is 1. The number of amides is 1. The van der Waals surface area contributed by atoms with Crippen molar-refractivity contribution < 1.29 is 17.4 Å². The Morgan fingerprint density at radius 3 is 2.48 bits per heavy atom. The van der Waals surface area contributed by atoms with Gasteiger partial charge in [-0.05, 0) is 81.0 Å². The molecular weight excluding hydrogens is 414 g/mol. The summed E-state index contributed by atoms with van der Waals surface area (Å²) in [4.78, 5) is 12.8. The van der Waals surface area contributed by atoms with Gasteiger partial charge in [0.15, 0.2) is 0 Å². The van der Waals surface area contributed by atoms with Gasteiger partial charge < -0.3 is 9.50 Å². The monoisotopic (exact) mass is 439 g/mol. The van der Waals surface area contributed by atoms with Crippen LogP contribution >= 0.6 is 0 Å². The molecule has 0 aliphatic heterocycles. The number of hydrogen-bond acceptors (Lipinski definition) is 5. The van der Waals surface area contributed by atoms with Crippen LogP contribution in [0.4, 0.5) is 5.82 Å². The molecule has 2 aromatic carbocycles. The van der Waals surface area contributed by atoms with Crippen LogP contribution < -0.4 is 9.50 Å². The predicted molar refractivity (Wildman–Crippen MR) is 118 cm³/mol. The van der Waals surface area contributed by atoms with E-state index in [0.717, 1.165) is 17.7 Å². The van der Waals surface area contributed by atoms with Gasteiger partial charge in [-0.1, -0.05) is 12.1 Å².